The van der Waals surface area contributed by atoms with E-state index in [-0.39, 0.29) is 30.6 Å². The molecule has 43 heavy (non-hydrogen) atoms. The first kappa shape index (κ1) is 41.4. The zero-order valence-electron chi connectivity index (χ0n) is 23.4. The number of carbonyl (C=O) groups is 1. The lowest BCUT2D eigenvalue weighted by Gasteiger charge is -2.42. The largest absolute Gasteiger partial charge is 0.392 e. The predicted octanol–water partition coefficient (Wildman–Crippen LogP) is 10.2. The van der Waals surface area contributed by atoms with Crippen molar-refractivity contribution in [1.82, 2.24) is 4.90 Å². The average Bonchev–Trinajstić information content (AvgIpc) is 2.89. The lowest BCUT2D eigenvalue weighted by atomic mass is 9.89. The predicted molar refractivity (Wildman–Crippen MR) is 124 cm³/mol. The van der Waals surface area contributed by atoms with E-state index >= 15 is 0 Å². The van der Waals surface area contributed by atoms with E-state index in [9.17, 15) is 75.0 Å². The van der Waals surface area contributed by atoms with Gasteiger partial charge in [0.25, 0.3) is 5.91 Å². The van der Waals surface area contributed by atoms with E-state index in [2.05, 4.69) is 0 Å². The molecule has 0 aliphatic carbocycles. The molecule has 0 heterocycles. The summed E-state index contributed by atoms with van der Waals surface area (Å²) in [6.45, 7) is 2.12. The summed E-state index contributed by atoms with van der Waals surface area (Å²) in [4.78, 5) is 12.3. The van der Waals surface area contributed by atoms with Gasteiger partial charge in [-0.2, -0.15) is 61.5 Å². The summed E-state index contributed by atoms with van der Waals surface area (Å²) in [6.07, 6.45) is -0.499. The topological polar surface area (TPSA) is 20.3 Å². The number of alkyl halides is 16. The van der Waals surface area contributed by atoms with E-state index in [0.717, 1.165) is 25.7 Å². The Morgan fingerprint density at radius 2 is 0.791 bits per heavy atom. The van der Waals surface area contributed by atoms with E-state index in [0.29, 0.717) is 25.7 Å². The molecule has 0 atom stereocenters. The van der Waals surface area contributed by atoms with Crippen molar-refractivity contribution in [2.24, 2.45) is 0 Å². The van der Waals surface area contributed by atoms with Crippen molar-refractivity contribution >= 4 is 5.91 Å². The van der Waals surface area contributed by atoms with Crippen molar-refractivity contribution < 1.29 is 75.0 Å². The maximum Gasteiger partial charge on any atom is 0.392 e. The molecule has 2 nitrogen and oxygen atoms in total. The Kier molecular flexibility index (Phi) is 15.0. The van der Waals surface area contributed by atoms with Gasteiger partial charge in [0.1, 0.15) is 0 Å². The molecule has 0 spiro atoms. The van der Waals surface area contributed by atoms with Gasteiger partial charge in [0.2, 0.25) is 0 Å². The van der Waals surface area contributed by atoms with Crippen LogP contribution in [-0.4, -0.2) is 71.8 Å². The van der Waals surface area contributed by atoms with Crippen LogP contribution in [0.1, 0.15) is 90.9 Å². The van der Waals surface area contributed by atoms with Crippen LogP contribution in [0.2, 0.25) is 0 Å². The number of unbranched alkanes of at least 4 members (excludes halogenated alkanes) is 10. The van der Waals surface area contributed by atoms with Gasteiger partial charge in [-0.05, 0) is 12.8 Å². The summed E-state index contributed by atoms with van der Waals surface area (Å²) >= 11 is 0. The molecule has 0 bridgehead atoms. The van der Waals surface area contributed by atoms with Gasteiger partial charge >= 0.3 is 47.9 Å². The highest BCUT2D eigenvalue weighted by Crippen LogP contribution is 2.62. The second kappa shape index (κ2) is 15.6. The quantitative estimate of drug-likeness (QED) is 0.0830. The standard InChI is InChI=1S/C25H35F16NO/c1-3-5-7-9-11-13-15-42(16-14-12-10-8-6-4-2)18(43)20(30,31)22(34,35)24(38,39)25(40,41)23(36,37)21(32,33)19(28,29)17(26)27/h17H,3-16H2,1-2H3. The molecule has 0 aromatic heterocycles. The Balaban J connectivity index is 6.33. The average molecular weight is 670 g/mol. The molecule has 0 saturated heterocycles. The molecule has 18 heteroatoms. The van der Waals surface area contributed by atoms with Gasteiger partial charge in [0, 0.05) is 13.1 Å². The summed E-state index contributed by atoms with van der Waals surface area (Å²) in [5.74, 6) is -59.1. The number of hydrogen-bond acceptors (Lipinski definition) is 1. The third kappa shape index (κ3) is 8.34. The molecular formula is C25H35F16NO. The number of halogens is 16. The van der Waals surface area contributed by atoms with Crippen LogP contribution >= 0.6 is 0 Å². The summed E-state index contributed by atoms with van der Waals surface area (Å²) < 4.78 is 219. The van der Waals surface area contributed by atoms with Crippen molar-refractivity contribution in [3.05, 3.63) is 0 Å². The number of carbonyl (C=O) groups excluding carboxylic acids is 1. The number of nitrogens with zero attached hydrogens (tertiary/aromatic N) is 1. The molecule has 0 aromatic carbocycles. The van der Waals surface area contributed by atoms with Gasteiger partial charge in [-0.15, -0.1) is 0 Å². The molecule has 0 fully saturated rings. The van der Waals surface area contributed by atoms with Crippen LogP contribution < -0.4 is 0 Å². The van der Waals surface area contributed by atoms with Gasteiger partial charge in [-0.1, -0.05) is 78.1 Å². The Labute approximate surface area is 238 Å². The molecule has 0 aliphatic rings. The van der Waals surface area contributed by atoms with Crippen molar-refractivity contribution in [3.63, 3.8) is 0 Å². The first-order chi connectivity index (χ1) is 19.4. The highest BCUT2D eigenvalue weighted by molar-refractivity contribution is 5.85. The SMILES string of the molecule is CCCCCCCCN(CCCCCCCC)C(=O)C(F)(F)C(F)(F)C(F)(F)C(F)(F)C(F)(F)C(F)(F)C(F)(F)C(F)F. The maximum absolute atomic E-state index is 14.6. The highest BCUT2D eigenvalue weighted by atomic mass is 19.4. The van der Waals surface area contributed by atoms with Crippen LogP contribution in [0.4, 0.5) is 70.2 Å². The fourth-order valence-electron chi connectivity index (χ4n) is 3.95. The van der Waals surface area contributed by atoms with Crippen molar-refractivity contribution in [3.8, 4) is 0 Å². The number of hydrogen-bond donors (Lipinski definition) is 0. The van der Waals surface area contributed by atoms with E-state index < -0.39 is 66.9 Å². The Morgan fingerprint density at radius 3 is 1.14 bits per heavy atom. The molecule has 0 radical (unpaired) electrons. The summed E-state index contributed by atoms with van der Waals surface area (Å²) in [7, 11) is 0. The van der Waals surface area contributed by atoms with Crippen LogP contribution in [0.15, 0.2) is 0 Å². The fraction of sp³-hybridized carbons (Fsp3) is 0.960. The second-order valence-corrected chi connectivity index (χ2v) is 10.2. The molecule has 258 valence electrons. The minimum absolute atomic E-state index is 0.0839. The Bertz CT molecular complexity index is 831. The molecular weight excluding hydrogens is 634 g/mol. The minimum Gasteiger partial charge on any atom is -0.337 e. The second-order valence-electron chi connectivity index (χ2n) is 10.2. The van der Waals surface area contributed by atoms with E-state index in [4.69, 9.17) is 0 Å². The van der Waals surface area contributed by atoms with Crippen molar-refractivity contribution in [1.29, 1.82) is 0 Å². The molecule has 0 aliphatic heterocycles. The van der Waals surface area contributed by atoms with Gasteiger partial charge in [-0.25, -0.2) is 8.78 Å². The van der Waals surface area contributed by atoms with Crippen LogP contribution in [0.5, 0.6) is 0 Å². The first-order valence-corrected chi connectivity index (χ1v) is 13.6. The molecule has 0 aromatic rings. The van der Waals surface area contributed by atoms with Gasteiger partial charge in [0.05, 0.1) is 0 Å². The van der Waals surface area contributed by atoms with E-state index in [1.54, 1.807) is 0 Å². The van der Waals surface area contributed by atoms with Gasteiger partial charge in [-0.3, -0.25) is 4.79 Å². The highest BCUT2D eigenvalue weighted by Gasteiger charge is 2.94. The lowest BCUT2D eigenvalue weighted by Crippen LogP contribution is -2.74. The summed E-state index contributed by atoms with van der Waals surface area (Å²) in [5.41, 5.74) is 0. The number of amides is 1. The summed E-state index contributed by atoms with van der Waals surface area (Å²) in [5, 5.41) is 0. The molecule has 0 unspecified atom stereocenters. The minimum atomic E-state index is -8.52. The monoisotopic (exact) mass is 669 g/mol. The van der Waals surface area contributed by atoms with Crippen LogP contribution in [0.3, 0.4) is 0 Å². The molecule has 0 saturated carbocycles. The van der Waals surface area contributed by atoms with Gasteiger partial charge in [0.15, 0.2) is 0 Å². The lowest BCUT2D eigenvalue weighted by molar-refractivity contribution is -0.444. The maximum atomic E-state index is 14.6. The third-order valence-electron chi connectivity index (χ3n) is 6.78. The van der Waals surface area contributed by atoms with Crippen LogP contribution in [0, 0.1) is 0 Å². The van der Waals surface area contributed by atoms with E-state index in [1.807, 2.05) is 13.8 Å². The Hall–Kier alpha value is -1.65. The molecule has 0 N–H and O–H groups in total. The first-order valence-electron chi connectivity index (χ1n) is 13.6. The van der Waals surface area contributed by atoms with E-state index in [1.165, 1.54) is 0 Å². The smallest absolute Gasteiger partial charge is 0.337 e. The zero-order chi connectivity index (χ0) is 34.1. The number of rotatable bonds is 22. The summed E-state index contributed by atoms with van der Waals surface area (Å²) in [6, 6.07) is 0. The molecule has 1 amide bonds. The third-order valence-corrected chi connectivity index (χ3v) is 6.78. The van der Waals surface area contributed by atoms with Gasteiger partial charge < -0.3 is 4.90 Å². The Morgan fingerprint density at radius 1 is 0.488 bits per heavy atom. The van der Waals surface area contributed by atoms with Crippen LogP contribution in [0.25, 0.3) is 0 Å². The molecule has 0 rings (SSSR count). The van der Waals surface area contributed by atoms with Crippen molar-refractivity contribution in [2.75, 3.05) is 13.1 Å². The van der Waals surface area contributed by atoms with Crippen molar-refractivity contribution in [2.45, 2.75) is 139 Å². The zero-order valence-corrected chi connectivity index (χ0v) is 23.4. The normalized spacial score (nSPS) is 14.5. The fourth-order valence-corrected chi connectivity index (χ4v) is 3.95. The van der Waals surface area contributed by atoms with Crippen LogP contribution in [-0.2, 0) is 4.79 Å².